The van der Waals surface area contributed by atoms with Crippen molar-refractivity contribution in [2.45, 2.75) is 43.8 Å². The lowest BCUT2D eigenvalue weighted by atomic mass is 9.91. The number of aliphatic imine (C=N–C) groups is 1. The molecule has 0 bridgehead atoms. The molecule has 1 unspecified atom stereocenters. The highest BCUT2D eigenvalue weighted by Crippen LogP contribution is 2.43. The largest absolute Gasteiger partial charge is 0.334 e. The highest BCUT2D eigenvalue weighted by molar-refractivity contribution is 6.14. The lowest BCUT2D eigenvalue weighted by Gasteiger charge is -2.35. The van der Waals surface area contributed by atoms with E-state index < -0.39 is 17.5 Å². The molecule has 2 N–H and O–H groups in total. The Kier molecular flexibility index (Phi) is 8.39. The molecule has 2 saturated heterocycles. The van der Waals surface area contributed by atoms with Crippen LogP contribution in [0, 0.1) is 5.82 Å². The molecule has 9 heteroatoms. The fraction of sp³-hybridized carbons (Fsp3) is 0.263. The minimum absolute atomic E-state index is 0.0497. The lowest BCUT2D eigenvalue weighted by Crippen LogP contribution is -2.50. The summed E-state index contributed by atoms with van der Waals surface area (Å²) in [6.45, 7) is 1.46. The van der Waals surface area contributed by atoms with Crippen molar-refractivity contribution in [1.29, 1.82) is 0 Å². The van der Waals surface area contributed by atoms with Gasteiger partial charge in [-0.25, -0.2) is 14.2 Å². The van der Waals surface area contributed by atoms with Gasteiger partial charge in [0.25, 0.3) is 5.91 Å². The van der Waals surface area contributed by atoms with E-state index in [9.17, 15) is 18.8 Å². The topological polar surface area (TPSA) is 94.1 Å². The molecule has 0 aromatic heterocycles. The molecule has 0 radical (unpaired) electrons. The van der Waals surface area contributed by atoms with E-state index in [2.05, 4.69) is 10.6 Å². The zero-order valence-corrected chi connectivity index (χ0v) is 26.0. The predicted octanol–water partition coefficient (Wildman–Crippen LogP) is 5.47. The number of halogens is 1. The van der Waals surface area contributed by atoms with Gasteiger partial charge in [0.15, 0.2) is 0 Å². The van der Waals surface area contributed by atoms with Gasteiger partial charge in [-0.1, -0.05) is 78.9 Å². The molecule has 8 nitrogen and oxygen atoms in total. The fourth-order valence-corrected chi connectivity index (χ4v) is 7.02. The maximum absolute atomic E-state index is 14.1. The van der Waals surface area contributed by atoms with Gasteiger partial charge in [0.2, 0.25) is 5.91 Å². The number of amides is 4. The Morgan fingerprint density at radius 2 is 1.55 bits per heavy atom. The van der Waals surface area contributed by atoms with Gasteiger partial charge >= 0.3 is 6.03 Å². The van der Waals surface area contributed by atoms with Gasteiger partial charge in [-0.05, 0) is 79.7 Å². The smallest absolute Gasteiger partial charge is 0.325 e. The number of hydrogen-bond donors (Lipinski definition) is 2. The number of aryl methyl sites for hydroxylation is 1. The van der Waals surface area contributed by atoms with Crippen LogP contribution in [-0.2, 0) is 28.1 Å². The van der Waals surface area contributed by atoms with Crippen LogP contribution in [-0.4, -0.2) is 59.0 Å². The average Bonchev–Trinajstić information content (AvgIpc) is 3.59. The summed E-state index contributed by atoms with van der Waals surface area (Å²) in [7, 11) is 0. The summed E-state index contributed by atoms with van der Waals surface area (Å²) >= 11 is 0. The third-order valence-corrected chi connectivity index (χ3v) is 9.46. The Labute approximate surface area is 273 Å². The van der Waals surface area contributed by atoms with Crippen molar-refractivity contribution in [3.63, 3.8) is 0 Å². The molecule has 1 spiro atoms. The number of fused-ring (bicyclic) bond motifs is 2. The van der Waals surface area contributed by atoms with Crippen LogP contribution in [0.5, 0.6) is 0 Å². The average molecular weight is 630 g/mol. The highest BCUT2D eigenvalue weighted by atomic mass is 19.1. The van der Waals surface area contributed by atoms with Crippen LogP contribution in [0.25, 0.3) is 0 Å². The fourth-order valence-electron chi connectivity index (χ4n) is 7.02. The first-order valence-electron chi connectivity index (χ1n) is 16.1. The number of imide groups is 1. The van der Waals surface area contributed by atoms with Crippen molar-refractivity contribution in [3.8, 4) is 0 Å². The van der Waals surface area contributed by atoms with Gasteiger partial charge in [0.1, 0.15) is 17.9 Å². The van der Waals surface area contributed by atoms with Crippen molar-refractivity contribution < 1.29 is 18.8 Å². The molecule has 4 aromatic carbocycles. The molecule has 2 heterocycles. The molecular weight excluding hydrogens is 593 g/mol. The molecule has 47 heavy (non-hydrogen) atoms. The van der Waals surface area contributed by atoms with Crippen LogP contribution in [0.1, 0.15) is 47.1 Å². The normalized spacial score (nSPS) is 19.0. The third-order valence-electron chi connectivity index (χ3n) is 9.46. The molecule has 1 aliphatic carbocycles. The van der Waals surface area contributed by atoms with E-state index in [4.69, 9.17) is 4.99 Å². The zero-order chi connectivity index (χ0) is 32.4. The van der Waals surface area contributed by atoms with Crippen LogP contribution in [0.4, 0.5) is 14.9 Å². The number of carbonyl (C=O) groups excluding carboxylic acids is 3. The number of carbonyl (C=O) groups is 3. The van der Waals surface area contributed by atoms with Gasteiger partial charge < -0.3 is 15.5 Å². The quantitative estimate of drug-likeness (QED) is 0.200. The van der Waals surface area contributed by atoms with Crippen LogP contribution in [0.2, 0.25) is 0 Å². The first-order chi connectivity index (χ1) is 22.9. The van der Waals surface area contributed by atoms with E-state index >= 15 is 0 Å². The Bertz CT molecular complexity index is 1780. The summed E-state index contributed by atoms with van der Waals surface area (Å²) < 4.78 is 13.6. The van der Waals surface area contributed by atoms with E-state index in [1.165, 1.54) is 12.1 Å². The molecule has 238 valence electrons. The Morgan fingerprint density at radius 3 is 2.21 bits per heavy atom. The first-order valence-corrected chi connectivity index (χ1v) is 16.1. The maximum Gasteiger partial charge on any atom is 0.325 e. The summed E-state index contributed by atoms with van der Waals surface area (Å²) in [6.07, 6.45) is 2.50. The van der Waals surface area contributed by atoms with Crippen molar-refractivity contribution in [3.05, 3.63) is 137 Å². The first kappa shape index (κ1) is 30.5. The molecule has 0 saturated carbocycles. The number of urea groups is 1. The second kappa shape index (κ2) is 12.9. The van der Waals surface area contributed by atoms with Crippen LogP contribution < -0.4 is 10.6 Å². The van der Waals surface area contributed by atoms with Gasteiger partial charge in [-0.3, -0.25) is 14.5 Å². The Balaban J connectivity index is 1.13. The summed E-state index contributed by atoms with van der Waals surface area (Å²) in [6, 6.07) is 31.2. The Hall–Kier alpha value is -5.15. The van der Waals surface area contributed by atoms with E-state index in [1.807, 2.05) is 78.9 Å². The molecule has 2 fully saturated rings. The number of rotatable bonds is 8. The highest BCUT2D eigenvalue weighted by Gasteiger charge is 2.55. The number of nitrogens with zero attached hydrogens (tertiary/aromatic N) is 3. The van der Waals surface area contributed by atoms with Gasteiger partial charge in [-0.2, -0.15) is 0 Å². The number of benzene rings is 4. The monoisotopic (exact) mass is 629 g/mol. The lowest BCUT2D eigenvalue weighted by molar-refractivity contribution is -0.141. The molecule has 2 aliphatic heterocycles. The third kappa shape index (κ3) is 6.06. The van der Waals surface area contributed by atoms with E-state index in [0.29, 0.717) is 12.8 Å². The van der Waals surface area contributed by atoms with Crippen LogP contribution in [0.15, 0.2) is 108 Å². The minimum Gasteiger partial charge on any atom is -0.334 e. The summed E-state index contributed by atoms with van der Waals surface area (Å²) in [5.41, 5.74) is 4.84. The standard InChI is InChI=1S/C38H36FN5O3/c39-30-13-11-26(12-14-30)24-43(32-18-21-40-22-19-32)34(45)25-44-36(46)38(42-37(44)47)20-17-29-23-31(15-16-33(29)38)41-35(27-7-3-1-4-8-27)28-9-5-2-6-10-28/h1-16,23,32,40H,17-22,24-25H2,(H,42,47). The molecule has 3 aliphatic rings. The van der Waals surface area contributed by atoms with Crippen LogP contribution >= 0.6 is 0 Å². The molecular formula is C38H36FN5O3. The van der Waals surface area contributed by atoms with Gasteiger partial charge in [0.05, 0.1) is 11.4 Å². The second-order valence-electron chi connectivity index (χ2n) is 12.4. The SMILES string of the molecule is O=C1NC2(CCc3cc(N=C(c4ccccc4)c4ccccc4)ccc32)C(=O)N1CC(=O)N(Cc1ccc(F)cc1)C1CCNCC1. The molecule has 4 aromatic rings. The number of hydrogen-bond acceptors (Lipinski definition) is 5. The number of nitrogens with one attached hydrogen (secondary N) is 2. The predicted molar refractivity (Wildman–Crippen MR) is 178 cm³/mol. The van der Waals surface area contributed by atoms with E-state index in [1.54, 1.807) is 17.0 Å². The zero-order valence-electron chi connectivity index (χ0n) is 26.0. The van der Waals surface area contributed by atoms with E-state index in [-0.39, 0.29) is 30.9 Å². The summed E-state index contributed by atoms with van der Waals surface area (Å²) in [4.78, 5) is 49.1. The van der Waals surface area contributed by atoms with Crippen LogP contribution in [0.3, 0.4) is 0 Å². The van der Waals surface area contributed by atoms with Gasteiger partial charge in [-0.15, -0.1) is 0 Å². The van der Waals surface area contributed by atoms with E-state index in [0.717, 1.165) is 70.0 Å². The minimum atomic E-state index is -1.22. The second-order valence-corrected chi connectivity index (χ2v) is 12.4. The molecule has 1 atom stereocenters. The van der Waals surface area contributed by atoms with Gasteiger partial charge in [0, 0.05) is 23.7 Å². The van der Waals surface area contributed by atoms with Crippen molar-refractivity contribution in [1.82, 2.24) is 20.4 Å². The van der Waals surface area contributed by atoms with Crippen molar-refractivity contribution in [2.24, 2.45) is 4.99 Å². The van der Waals surface area contributed by atoms with Crippen molar-refractivity contribution in [2.75, 3.05) is 19.6 Å². The molecule has 4 amide bonds. The summed E-state index contributed by atoms with van der Waals surface area (Å²) in [5, 5.41) is 6.27. The Morgan fingerprint density at radius 1 is 0.894 bits per heavy atom. The molecule has 7 rings (SSSR count). The maximum atomic E-state index is 14.1. The number of piperidine rings is 1. The summed E-state index contributed by atoms with van der Waals surface area (Å²) in [5.74, 6) is -1.06. The van der Waals surface area contributed by atoms with Crippen molar-refractivity contribution >= 4 is 29.2 Å².